The lowest BCUT2D eigenvalue weighted by atomic mass is 9.95. The van der Waals surface area contributed by atoms with Gasteiger partial charge in [0, 0.05) is 31.7 Å². The Morgan fingerprint density at radius 2 is 1.62 bits per heavy atom. The predicted octanol–water partition coefficient (Wildman–Crippen LogP) is 4.92. The maximum atomic E-state index is 13.6. The maximum absolute atomic E-state index is 13.6. The van der Waals surface area contributed by atoms with Gasteiger partial charge < -0.3 is 15.2 Å². The highest BCUT2D eigenvalue weighted by Gasteiger charge is 2.32. The molecule has 0 amide bonds. The summed E-state index contributed by atoms with van der Waals surface area (Å²) in [7, 11) is 0. The summed E-state index contributed by atoms with van der Waals surface area (Å²) in [6.45, 7) is 2.70. The number of ether oxygens (including phenoxy) is 1. The summed E-state index contributed by atoms with van der Waals surface area (Å²) >= 11 is 5.85. The molecule has 0 saturated carbocycles. The van der Waals surface area contributed by atoms with Crippen molar-refractivity contribution in [1.29, 1.82) is 0 Å². The standard InChI is InChI=1S/C18H17ClF4N2O2.2ClH/c19-15-14(20)6-5-13(17(15)26)16(25-9-7-24-8-10-25)11-1-3-12(4-2-11)27-18(21,22)23;;/h1-6,16,24,26H,7-10H2;2*1H/t16-;;/m0../s1. The molecule has 1 heterocycles. The second kappa shape index (κ2) is 10.5. The first-order chi connectivity index (χ1) is 12.8. The van der Waals surface area contributed by atoms with Crippen LogP contribution < -0.4 is 10.1 Å². The zero-order chi connectivity index (χ0) is 19.6. The van der Waals surface area contributed by atoms with Crippen LogP contribution in [0.1, 0.15) is 17.2 Å². The van der Waals surface area contributed by atoms with E-state index in [0.717, 1.165) is 6.07 Å². The molecular weight excluding hydrogens is 459 g/mol. The van der Waals surface area contributed by atoms with Crippen molar-refractivity contribution in [2.45, 2.75) is 12.4 Å². The minimum atomic E-state index is -4.78. The van der Waals surface area contributed by atoms with Gasteiger partial charge in [0.15, 0.2) is 0 Å². The zero-order valence-corrected chi connectivity index (χ0v) is 17.3. The molecule has 4 nitrogen and oxygen atoms in total. The first kappa shape index (κ1) is 25.6. The van der Waals surface area contributed by atoms with E-state index in [9.17, 15) is 22.7 Å². The summed E-state index contributed by atoms with van der Waals surface area (Å²) in [6.07, 6.45) is -4.78. The van der Waals surface area contributed by atoms with Crippen molar-refractivity contribution >= 4 is 36.4 Å². The summed E-state index contributed by atoms with van der Waals surface area (Å²) in [5, 5.41) is 13.2. The van der Waals surface area contributed by atoms with Crippen LogP contribution in [0, 0.1) is 5.82 Å². The van der Waals surface area contributed by atoms with E-state index < -0.39 is 18.2 Å². The van der Waals surface area contributed by atoms with Crippen molar-refractivity contribution < 1.29 is 27.4 Å². The van der Waals surface area contributed by atoms with E-state index >= 15 is 0 Å². The van der Waals surface area contributed by atoms with Gasteiger partial charge in [-0.05, 0) is 23.8 Å². The smallest absolute Gasteiger partial charge is 0.506 e. The Balaban J connectivity index is 0.00000210. The third kappa shape index (κ3) is 6.26. The number of piperazine rings is 1. The Morgan fingerprint density at radius 3 is 2.17 bits per heavy atom. The molecule has 2 aromatic rings. The van der Waals surface area contributed by atoms with Crippen molar-refractivity contribution in [3.8, 4) is 11.5 Å². The van der Waals surface area contributed by atoms with Crippen molar-refractivity contribution in [2.75, 3.05) is 26.2 Å². The number of halogens is 7. The third-order valence-electron chi connectivity index (χ3n) is 4.34. The predicted molar refractivity (Wildman–Crippen MR) is 107 cm³/mol. The fourth-order valence-electron chi connectivity index (χ4n) is 3.15. The molecule has 0 aromatic heterocycles. The Hall–Kier alpha value is -1.45. The molecular formula is C18H19Cl3F4N2O2. The van der Waals surface area contributed by atoms with Crippen LogP contribution in [-0.2, 0) is 0 Å². The Morgan fingerprint density at radius 1 is 1.03 bits per heavy atom. The molecule has 1 fully saturated rings. The summed E-state index contributed by atoms with van der Waals surface area (Å²) in [5.41, 5.74) is 1.01. The average molecular weight is 478 g/mol. The SMILES string of the molecule is Cl.Cl.Oc1c([C@H](c2ccc(OC(F)(F)F)cc2)N2CCNCC2)ccc(F)c1Cl. The molecule has 1 aliphatic heterocycles. The normalized spacial score (nSPS) is 15.8. The molecule has 162 valence electrons. The first-order valence-corrected chi connectivity index (χ1v) is 8.61. The van der Waals surface area contributed by atoms with Crippen molar-refractivity contribution in [1.82, 2.24) is 10.2 Å². The van der Waals surface area contributed by atoms with Crippen molar-refractivity contribution in [2.24, 2.45) is 0 Å². The molecule has 3 rings (SSSR count). The Bertz CT molecular complexity index is 801. The van der Waals surface area contributed by atoms with E-state index in [2.05, 4.69) is 10.1 Å². The number of hydrogen-bond donors (Lipinski definition) is 2. The zero-order valence-electron chi connectivity index (χ0n) is 14.9. The number of rotatable bonds is 4. The highest BCUT2D eigenvalue weighted by atomic mass is 35.5. The topological polar surface area (TPSA) is 44.7 Å². The van der Waals surface area contributed by atoms with Gasteiger partial charge in [0.1, 0.15) is 22.3 Å². The number of hydrogen-bond acceptors (Lipinski definition) is 4. The lowest BCUT2D eigenvalue weighted by Gasteiger charge is -2.36. The van der Waals surface area contributed by atoms with Gasteiger partial charge in [0.25, 0.3) is 0 Å². The third-order valence-corrected chi connectivity index (χ3v) is 4.70. The second-order valence-corrected chi connectivity index (χ2v) is 6.48. The number of phenols is 1. The van der Waals surface area contributed by atoms with Gasteiger partial charge >= 0.3 is 6.36 Å². The second-order valence-electron chi connectivity index (χ2n) is 6.10. The number of nitrogens with one attached hydrogen (secondary N) is 1. The first-order valence-electron chi connectivity index (χ1n) is 8.23. The molecule has 0 aliphatic carbocycles. The molecule has 1 aliphatic rings. The summed E-state index contributed by atoms with van der Waals surface area (Å²) < 4.78 is 54.7. The van der Waals surface area contributed by atoms with Crippen LogP contribution in [0.15, 0.2) is 36.4 Å². The van der Waals surface area contributed by atoms with Crippen LogP contribution >= 0.6 is 36.4 Å². The van der Waals surface area contributed by atoms with Gasteiger partial charge in [0.05, 0.1) is 6.04 Å². The quantitative estimate of drug-likeness (QED) is 0.614. The fraction of sp³-hybridized carbons (Fsp3) is 0.333. The van der Waals surface area contributed by atoms with Gasteiger partial charge in [-0.3, -0.25) is 4.90 Å². The molecule has 1 saturated heterocycles. The number of benzene rings is 2. The minimum absolute atomic E-state index is 0. The van der Waals surface area contributed by atoms with Gasteiger partial charge in [-0.2, -0.15) is 0 Å². The van der Waals surface area contributed by atoms with Gasteiger partial charge in [0.2, 0.25) is 0 Å². The minimum Gasteiger partial charge on any atom is -0.506 e. The molecule has 2 N–H and O–H groups in total. The molecule has 0 radical (unpaired) electrons. The van der Waals surface area contributed by atoms with E-state index in [-0.39, 0.29) is 41.3 Å². The van der Waals surface area contributed by atoms with E-state index in [0.29, 0.717) is 37.3 Å². The van der Waals surface area contributed by atoms with Crippen LogP contribution in [0.2, 0.25) is 5.02 Å². The van der Waals surface area contributed by atoms with Crippen molar-refractivity contribution in [3.63, 3.8) is 0 Å². The van der Waals surface area contributed by atoms with Crippen LogP contribution in [-0.4, -0.2) is 42.5 Å². The lowest BCUT2D eigenvalue weighted by Crippen LogP contribution is -2.45. The number of phenolic OH excluding ortho intramolecular Hbond substituents is 1. The Kier molecular flexibility index (Phi) is 9.30. The lowest BCUT2D eigenvalue weighted by molar-refractivity contribution is -0.274. The number of nitrogens with zero attached hydrogens (tertiary/aromatic N) is 1. The van der Waals surface area contributed by atoms with Gasteiger partial charge in [-0.1, -0.05) is 29.8 Å². The summed E-state index contributed by atoms with van der Waals surface area (Å²) in [5.74, 6) is -1.46. The van der Waals surface area contributed by atoms with Crippen LogP contribution in [0.3, 0.4) is 0 Å². The fourth-order valence-corrected chi connectivity index (χ4v) is 3.33. The molecule has 0 unspecified atom stereocenters. The van der Waals surface area contributed by atoms with Gasteiger partial charge in [-0.15, -0.1) is 38.0 Å². The van der Waals surface area contributed by atoms with E-state index in [4.69, 9.17) is 11.6 Å². The van der Waals surface area contributed by atoms with E-state index in [1.54, 1.807) is 0 Å². The molecule has 0 bridgehead atoms. The number of alkyl halides is 3. The molecule has 2 aromatic carbocycles. The molecule has 11 heteroatoms. The van der Waals surface area contributed by atoms with Gasteiger partial charge in [-0.25, -0.2) is 4.39 Å². The van der Waals surface area contributed by atoms with Crippen LogP contribution in [0.25, 0.3) is 0 Å². The highest BCUT2D eigenvalue weighted by molar-refractivity contribution is 6.32. The average Bonchev–Trinajstić information content (AvgIpc) is 2.63. The molecule has 29 heavy (non-hydrogen) atoms. The van der Waals surface area contributed by atoms with Crippen LogP contribution in [0.4, 0.5) is 17.6 Å². The maximum Gasteiger partial charge on any atom is 0.573 e. The van der Waals surface area contributed by atoms with Crippen LogP contribution in [0.5, 0.6) is 11.5 Å². The van der Waals surface area contributed by atoms with Crippen molar-refractivity contribution in [3.05, 3.63) is 58.4 Å². The molecule has 1 atom stereocenters. The van der Waals surface area contributed by atoms with E-state index in [1.165, 1.54) is 30.3 Å². The summed E-state index contributed by atoms with van der Waals surface area (Å²) in [4.78, 5) is 2.04. The van der Waals surface area contributed by atoms with E-state index in [1.807, 2.05) is 4.90 Å². The number of aromatic hydroxyl groups is 1. The Labute approximate surface area is 182 Å². The highest BCUT2D eigenvalue weighted by Crippen LogP contribution is 2.40. The summed E-state index contributed by atoms with van der Waals surface area (Å²) in [6, 6.07) is 7.50. The molecule has 0 spiro atoms. The largest absolute Gasteiger partial charge is 0.573 e. The monoisotopic (exact) mass is 476 g/mol.